The smallest absolute Gasteiger partial charge is 0.411 e. The van der Waals surface area contributed by atoms with Gasteiger partial charge in [-0.25, -0.2) is 0 Å². The Kier molecular flexibility index (Phi) is 7.68. The minimum atomic E-state index is -4.55. The van der Waals surface area contributed by atoms with Crippen LogP contribution in [0.1, 0.15) is 48.3 Å². The number of carbonyl (C=O) groups excluding carboxylic acids is 3. The molecule has 12 heteroatoms. The van der Waals surface area contributed by atoms with Crippen molar-refractivity contribution in [3.63, 3.8) is 0 Å². The van der Waals surface area contributed by atoms with Gasteiger partial charge in [0.25, 0.3) is 5.91 Å². The fraction of sp³-hybridized carbons (Fsp3) is 0.417. The normalized spacial score (nSPS) is 14.6. The molecular formula is C24H25BrF3N3O5. The molecule has 0 radical (unpaired) electrons. The van der Waals surface area contributed by atoms with Gasteiger partial charge in [-0.05, 0) is 56.5 Å². The maximum atomic E-state index is 13.1. The molecule has 2 N–H and O–H groups in total. The lowest BCUT2D eigenvalue weighted by Gasteiger charge is -2.25. The Bertz CT molecular complexity index is 1200. The second kappa shape index (κ2) is 10.1. The summed E-state index contributed by atoms with van der Waals surface area (Å²) in [6.07, 6.45) is -3.80. The monoisotopic (exact) mass is 571 g/mol. The van der Waals surface area contributed by atoms with E-state index in [1.165, 1.54) is 32.5 Å². The van der Waals surface area contributed by atoms with Gasteiger partial charge >= 0.3 is 12.1 Å². The van der Waals surface area contributed by atoms with E-state index < -0.39 is 34.9 Å². The Morgan fingerprint density at radius 2 is 1.81 bits per heavy atom. The summed E-state index contributed by atoms with van der Waals surface area (Å²) in [5, 5.41) is 4.62. The number of halogens is 4. The fourth-order valence-corrected chi connectivity index (χ4v) is 4.13. The minimum absolute atomic E-state index is 0.100. The zero-order valence-electron chi connectivity index (χ0n) is 20.0. The molecule has 1 aliphatic rings. The van der Waals surface area contributed by atoms with E-state index in [4.69, 9.17) is 9.47 Å². The third-order valence-electron chi connectivity index (χ3n) is 6.01. The Balaban J connectivity index is 1.74. The Hall–Kier alpha value is -3.15. The number of carbonyl (C=O) groups is 3. The fourth-order valence-electron chi connectivity index (χ4n) is 3.65. The van der Waals surface area contributed by atoms with E-state index in [1.807, 2.05) is 5.32 Å². The lowest BCUT2D eigenvalue weighted by molar-refractivity contribution is -0.163. The third kappa shape index (κ3) is 5.63. The van der Waals surface area contributed by atoms with Crippen LogP contribution in [0.5, 0.6) is 5.75 Å². The average molecular weight is 572 g/mol. The average Bonchev–Trinajstić information content (AvgIpc) is 3.60. The highest BCUT2D eigenvalue weighted by molar-refractivity contribution is 9.10. The topological polar surface area (TPSA) is 107 Å². The molecule has 2 aromatic rings. The quantitative estimate of drug-likeness (QED) is 0.457. The summed E-state index contributed by atoms with van der Waals surface area (Å²) in [4.78, 5) is 41.1. The van der Waals surface area contributed by atoms with E-state index in [0.717, 1.165) is 0 Å². The van der Waals surface area contributed by atoms with Crippen LogP contribution in [0, 0.1) is 0 Å². The number of nitrogens with zero attached hydrogens (tertiary/aromatic N) is 1. The van der Waals surface area contributed by atoms with Crippen molar-refractivity contribution in [3.05, 3.63) is 51.8 Å². The number of hydrogen-bond donors (Lipinski definition) is 2. The lowest BCUT2D eigenvalue weighted by atomic mass is 9.83. The molecule has 0 spiro atoms. The zero-order valence-corrected chi connectivity index (χ0v) is 21.6. The van der Waals surface area contributed by atoms with Crippen molar-refractivity contribution in [3.8, 4) is 5.75 Å². The Morgan fingerprint density at radius 3 is 2.36 bits per heavy atom. The van der Waals surface area contributed by atoms with Crippen LogP contribution >= 0.6 is 15.9 Å². The first-order valence-electron chi connectivity index (χ1n) is 10.8. The molecular weight excluding hydrogens is 547 g/mol. The standard InChI is InChI=1S/C24H25BrF3N3O5/c1-22(2,21(34)36-4)15-12-16(25)13(9-18(15)35-3)10-19(32)30-14-5-8-29-17(11-14)20(33)31-23(6-7-23)24(26,27)28/h5,8-9,11-12H,6-7,10H2,1-4H3,(H,31,33)(H,29,30,32). The van der Waals surface area contributed by atoms with E-state index in [2.05, 4.69) is 26.2 Å². The lowest BCUT2D eigenvalue weighted by Crippen LogP contribution is -2.48. The molecule has 2 amide bonds. The van der Waals surface area contributed by atoms with Crippen molar-refractivity contribution in [2.75, 3.05) is 19.5 Å². The van der Waals surface area contributed by atoms with Gasteiger partial charge < -0.3 is 20.1 Å². The second-order valence-electron chi connectivity index (χ2n) is 8.95. The van der Waals surface area contributed by atoms with Crippen LogP contribution in [0.3, 0.4) is 0 Å². The first kappa shape index (κ1) is 27.4. The Labute approximate surface area is 214 Å². The van der Waals surface area contributed by atoms with Gasteiger partial charge in [0, 0.05) is 21.9 Å². The first-order chi connectivity index (χ1) is 16.7. The molecule has 0 atom stereocenters. The van der Waals surface area contributed by atoms with Crippen LogP contribution < -0.4 is 15.4 Å². The number of alkyl halides is 3. The molecule has 1 fully saturated rings. The summed E-state index contributed by atoms with van der Waals surface area (Å²) >= 11 is 3.43. The first-order valence-corrected chi connectivity index (χ1v) is 11.6. The largest absolute Gasteiger partial charge is 0.496 e. The second-order valence-corrected chi connectivity index (χ2v) is 9.80. The van der Waals surface area contributed by atoms with E-state index in [0.29, 0.717) is 21.3 Å². The summed E-state index contributed by atoms with van der Waals surface area (Å²) in [5.74, 6) is -1.50. The highest BCUT2D eigenvalue weighted by Gasteiger charge is 2.64. The molecule has 8 nitrogen and oxygen atoms in total. The summed E-state index contributed by atoms with van der Waals surface area (Å²) in [5.41, 5.74) is -2.16. The molecule has 1 heterocycles. The van der Waals surface area contributed by atoms with E-state index in [1.54, 1.807) is 26.0 Å². The molecule has 0 unspecified atom stereocenters. The number of ether oxygens (including phenoxy) is 2. The zero-order chi connectivity index (χ0) is 26.9. The molecule has 0 saturated heterocycles. The van der Waals surface area contributed by atoms with Gasteiger partial charge in [-0.2, -0.15) is 13.2 Å². The number of anilines is 1. The van der Waals surface area contributed by atoms with E-state index >= 15 is 0 Å². The maximum absolute atomic E-state index is 13.1. The molecule has 0 bridgehead atoms. The molecule has 1 aromatic heterocycles. The van der Waals surface area contributed by atoms with Gasteiger partial charge in [-0.3, -0.25) is 19.4 Å². The number of rotatable bonds is 8. The number of hydrogen-bond acceptors (Lipinski definition) is 6. The van der Waals surface area contributed by atoms with Crippen molar-refractivity contribution >= 4 is 39.4 Å². The van der Waals surface area contributed by atoms with Crippen LogP contribution in [0.4, 0.5) is 18.9 Å². The van der Waals surface area contributed by atoms with Crippen molar-refractivity contribution in [2.45, 2.75) is 50.2 Å². The van der Waals surface area contributed by atoms with Crippen LogP contribution in [0.15, 0.2) is 34.9 Å². The number of nitrogens with one attached hydrogen (secondary N) is 2. The highest BCUT2D eigenvalue weighted by Crippen LogP contribution is 2.49. The minimum Gasteiger partial charge on any atom is -0.496 e. The van der Waals surface area contributed by atoms with Crippen molar-refractivity contribution in [2.24, 2.45) is 0 Å². The molecule has 194 valence electrons. The highest BCUT2D eigenvalue weighted by atomic mass is 79.9. The predicted molar refractivity (Wildman–Crippen MR) is 128 cm³/mol. The van der Waals surface area contributed by atoms with Crippen LogP contribution in [-0.2, 0) is 26.2 Å². The molecule has 1 saturated carbocycles. The summed E-state index contributed by atoms with van der Waals surface area (Å²) in [6.45, 7) is 3.37. The number of amides is 2. The van der Waals surface area contributed by atoms with Crippen LogP contribution in [0.2, 0.25) is 0 Å². The van der Waals surface area contributed by atoms with Gasteiger partial charge in [0.05, 0.1) is 26.1 Å². The summed E-state index contributed by atoms with van der Waals surface area (Å²) < 4.78 is 50.3. The summed E-state index contributed by atoms with van der Waals surface area (Å²) in [6, 6.07) is 5.93. The summed E-state index contributed by atoms with van der Waals surface area (Å²) in [7, 11) is 2.73. The molecule has 1 aromatic carbocycles. The van der Waals surface area contributed by atoms with Gasteiger partial charge in [-0.15, -0.1) is 0 Å². The van der Waals surface area contributed by atoms with Crippen LogP contribution in [0.25, 0.3) is 0 Å². The Morgan fingerprint density at radius 1 is 1.14 bits per heavy atom. The van der Waals surface area contributed by atoms with Crippen LogP contribution in [-0.4, -0.2) is 48.7 Å². The molecule has 0 aliphatic heterocycles. The number of esters is 1. The third-order valence-corrected chi connectivity index (χ3v) is 6.75. The maximum Gasteiger partial charge on any atom is 0.411 e. The number of benzene rings is 1. The van der Waals surface area contributed by atoms with E-state index in [9.17, 15) is 27.6 Å². The SMILES string of the molecule is COC(=O)C(C)(C)c1cc(Br)c(CC(=O)Nc2ccnc(C(=O)NC3(C(F)(F)F)CC3)c2)cc1OC. The van der Waals surface area contributed by atoms with Crippen molar-refractivity contribution < 1.29 is 37.0 Å². The number of aromatic nitrogens is 1. The van der Waals surface area contributed by atoms with Gasteiger partial charge in [-0.1, -0.05) is 15.9 Å². The molecule has 1 aliphatic carbocycles. The van der Waals surface area contributed by atoms with Gasteiger partial charge in [0.15, 0.2) is 0 Å². The number of pyridine rings is 1. The van der Waals surface area contributed by atoms with E-state index in [-0.39, 0.29) is 30.6 Å². The van der Waals surface area contributed by atoms with Gasteiger partial charge in [0.1, 0.15) is 17.0 Å². The molecule has 36 heavy (non-hydrogen) atoms. The number of methoxy groups -OCH3 is 2. The van der Waals surface area contributed by atoms with Crippen molar-refractivity contribution in [1.82, 2.24) is 10.3 Å². The predicted octanol–water partition coefficient (Wildman–Crippen LogP) is 4.31. The van der Waals surface area contributed by atoms with Crippen molar-refractivity contribution in [1.29, 1.82) is 0 Å². The van der Waals surface area contributed by atoms with Gasteiger partial charge in [0.2, 0.25) is 5.91 Å². The molecule has 3 rings (SSSR count).